The van der Waals surface area contributed by atoms with Crippen LogP contribution in [0, 0.1) is 39.5 Å². The van der Waals surface area contributed by atoms with Gasteiger partial charge in [0.2, 0.25) is 0 Å². The highest BCUT2D eigenvalue weighted by molar-refractivity contribution is 5.47. The molecule has 0 bridgehead atoms. The van der Waals surface area contributed by atoms with Gasteiger partial charge in [-0.1, -0.05) is 62.4 Å². The zero-order valence-electron chi connectivity index (χ0n) is 27.0. The molecule has 226 valence electrons. The van der Waals surface area contributed by atoms with Gasteiger partial charge in [0.15, 0.2) is 12.6 Å². The summed E-state index contributed by atoms with van der Waals surface area (Å²) in [5.74, 6) is 0.894. The van der Waals surface area contributed by atoms with Gasteiger partial charge in [-0.15, -0.1) is 0 Å². The second-order valence-corrected chi connectivity index (χ2v) is 13.0. The van der Waals surface area contributed by atoms with E-state index in [1.54, 1.807) is 0 Å². The minimum absolute atomic E-state index is 0.143. The first-order chi connectivity index (χ1) is 20.1. The molecule has 2 fully saturated rings. The quantitative estimate of drug-likeness (QED) is 0.275. The van der Waals surface area contributed by atoms with E-state index in [0.717, 1.165) is 38.9 Å². The van der Waals surface area contributed by atoms with Crippen molar-refractivity contribution in [1.82, 2.24) is 0 Å². The van der Waals surface area contributed by atoms with E-state index < -0.39 is 0 Å². The normalized spacial score (nSPS) is 26.4. The fourth-order valence-electron chi connectivity index (χ4n) is 6.08. The number of hydrogen-bond acceptors (Lipinski definition) is 4. The number of ether oxygens (including phenoxy) is 4. The van der Waals surface area contributed by atoms with Gasteiger partial charge in [0.05, 0.1) is 25.4 Å². The first-order valence-corrected chi connectivity index (χ1v) is 15.9. The van der Waals surface area contributed by atoms with Crippen LogP contribution in [0.5, 0.6) is 0 Å². The zero-order valence-corrected chi connectivity index (χ0v) is 27.0. The number of hydrogen-bond donors (Lipinski definition) is 0. The second kappa shape index (κ2) is 13.4. The van der Waals surface area contributed by atoms with Crippen LogP contribution in [0.25, 0.3) is 0 Å². The standard InChI is InChI=1S/C38H50O4/c1-23-21-39-37(41-29(23)7)18-32-11-9-31(10-12-32)17-33-13-14-34(26(4)25(33)3)19-35-15-16-36(28(6)27(35)5)20-38-40-22-24(2)30(8)42-38/h9-16,23-24,29-30,37-38H,17-22H2,1-8H3. The lowest BCUT2D eigenvalue weighted by Gasteiger charge is -2.33. The van der Waals surface area contributed by atoms with Crippen molar-refractivity contribution in [2.24, 2.45) is 11.8 Å². The van der Waals surface area contributed by atoms with Crippen molar-refractivity contribution in [2.45, 2.75) is 106 Å². The van der Waals surface area contributed by atoms with E-state index in [9.17, 15) is 0 Å². The van der Waals surface area contributed by atoms with Gasteiger partial charge in [-0.05, 0) is 110 Å². The summed E-state index contributed by atoms with van der Waals surface area (Å²) < 4.78 is 24.0. The molecule has 2 saturated heterocycles. The van der Waals surface area contributed by atoms with Crippen LogP contribution in [0.15, 0.2) is 48.5 Å². The van der Waals surface area contributed by atoms with E-state index in [2.05, 4.69) is 104 Å². The lowest BCUT2D eigenvalue weighted by molar-refractivity contribution is -0.227. The largest absolute Gasteiger partial charge is 0.352 e. The molecule has 4 heteroatoms. The molecule has 4 nitrogen and oxygen atoms in total. The fourth-order valence-corrected chi connectivity index (χ4v) is 6.08. The Morgan fingerprint density at radius 1 is 0.500 bits per heavy atom. The highest BCUT2D eigenvalue weighted by Gasteiger charge is 2.27. The van der Waals surface area contributed by atoms with Crippen LogP contribution in [0.3, 0.4) is 0 Å². The van der Waals surface area contributed by atoms with Crippen molar-refractivity contribution < 1.29 is 18.9 Å². The fraction of sp³-hybridized carbons (Fsp3) is 0.526. The van der Waals surface area contributed by atoms with Crippen LogP contribution in [0.4, 0.5) is 0 Å². The van der Waals surface area contributed by atoms with Gasteiger partial charge < -0.3 is 18.9 Å². The highest BCUT2D eigenvalue weighted by Crippen LogP contribution is 2.28. The van der Waals surface area contributed by atoms with E-state index in [0.29, 0.717) is 11.8 Å². The van der Waals surface area contributed by atoms with Gasteiger partial charge in [-0.25, -0.2) is 0 Å². The Morgan fingerprint density at radius 2 is 0.905 bits per heavy atom. The van der Waals surface area contributed by atoms with E-state index in [4.69, 9.17) is 18.9 Å². The molecule has 0 radical (unpaired) electrons. The van der Waals surface area contributed by atoms with Crippen molar-refractivity contribution in [1.29, 1.82) is 0 Å². The van der Waals surface area contributed by atoms with E-state index in [1.165, 1.54) is 55.6 Å². The molecule has 0 saturated carbocycles. The van der Waals surface area contributed by atoms with E-state index in [1.807, 2.05) is 0 Å². The smallest absolute Gasteiger partial charge is 0.161 e. The topological polar surface area (TPSA) is 36.9 Å². The summed E-state index contributed by atoms with van der Waals surface area (Å²) in [6, 6.07) is 18.2. The molecule has 42 heavy (non-hydrogen) atoms. The maximum Gasteiger partial charge on any atom is 0.161 e. The third kappa shape index (κ3) is 7.17. The first-order valence-electron chi connectivity index (χ1n) is 15.9. The van der Waals surface area contributed by atoms with Gasteiger partial charge in [0.1, 0.15) is 0 Å². The Bertz CT molecular complexity index is 1360. The number of rotatable bonds is 8. The summed E-state index contributed by atoms with van der Waals surface area (Å²) in [5.41, 5.74) is 13.6. The molecule has 0 amide bonds. The SMILES string of the molecule is Cc1c(Cc2ccc(CC3OCC(C)C(C)O3)cc2)ccc(Cc2ccc(CC3OCC(C)C(C)O3)c(C)c2C)c1C. The van der Waals surface area contributed by atoms with Crippen LogP contribution in [0.2, 0.25) is 0 Å². The molecule has 0 aliphatic carbocycles. The predicted octanol–water partition coefficient (Wildman–Crippen LogP) is 7.98. The van der Waals surface area contributed by atoms with Crippen LogP contribution < -0.4 is 0 Å². The third-order valence-electron chi connectivity index (χ3n) is 10.0. The lowest BCUT2D eigenvalue weighted by atomic mass is 9.88. The van der Waals surface area contributed by atoms with Crippen LogP contribution >= 0.6 is 0 Å². The van der Waals surface area contributed by atoms with E-state index in [-0.39, 0.29) is 24.8 Å². The van der Waals surface area contributed by atoms with Gasteiger partial charge in [0.25, 0.3) is 0 Å². The summed E-state index contributed by atoms with van der Waals surface area (Å²) in [6.45, 7) is 19.2. The van der Waals surface area contributed by atoms with Crippen LogP contribution in [0.1, 0.15) is 83.3 Å². The van der Waals surface area contributed by atoms with Crippen molar-refractivity contribution in [2.75, 3.05) is 13.2 Å². The molecule has 2 heterocycles. The molecular weight excluding hydrogens is 520 g/mol. The Balaban J connectivity index is 1.22. The Hall–Kier alpha value is -2.50. The van der Waals surface area contributed by atoms with Gasteiger partial charge in [0, 0.05) is 24.7 Å². The van der Waals surface area contributed by atoms with Gasteiger partial charge >= 0.3 is 0 Å². The Kier molecular flexibility index (Phi) is 9.89. The summed E-state index contributed by atoms with van der Waals surface area (Å²) in [6.07, 6.45) is 3.67. The second-order valence-electron chi connectivity index (χ2n) is 13.0. The molecule has 0 N–H and O–H groups in total. The summed E-state index contributed by atoms with van der Waals surface area (Å²) in [5, 5.41) is 0. The van der Waals surface area contributed by atoms with E-state index >= 15 is 0 Å². The summed E-state index contributed by atoms with van der Waals surface area (Å²) in [7, 11) is 0. The minimum Gasteiger partial charge on any atom is -0.352 e. The zero-order chi connectivity index (χ0) is 30.0. The van der Waals surface area contributed by atoms with Crippen molar-refractivity contribution >= 4 is 0 Å². The monoisotopic (exact) mass is 570 g/mol. The Labute approximate surface area is 253 Å². The molecular formula is C38H50O4. The van der Waals surface area contributed by atoms with Gasteiger partial charge in [-0.2, -0.15) is 0 Å². The van der Waals surface area contributed by atoms with Gasteiger partial charge in [-0.3, -0.25) is 0 Å². The Morgan fingerprint density at radius 3 is 1.40 bits per heavy atom. The molecule has 0 spiro atoms. The van der Waals surface area contributed by atoms with Crippen molar-refractivity contribution in [3.63, 3.8) is 0 Å². The predicted molar refractivity (Wildman–Crippen MR) is 170 cm³/mol. The van der Waals surface area contributed by atoms with Crippen LogP contribution in [-0.4, -0.2) is 38.0 Å². The highest BCUT2D eigenvalue weighted by atomic mass is 16.7. The van der Waals surface area contributed by atoms with Crippen molar-refractivity contribution in [3.8, 4) is 0 Å². The van der Waals surface area contributed by atoms with Crippen LogP contribution in [-0.2, 0) is 44.6 Å². The maximum atomic E-state index is 6.12. The molecule has 3 aromatic rings. The molecule has 6 unspecified atom stereocenters. The first kappa shape index (κ1) is 30.9. The third-order valence-corrected chi connectivity index (χ3v) is 10.0. The average Bonchev–Trinajstić information content (AvgIpc) is 2.97. The average molecular weight is 571 g/mol. The van der Waals surface area contributed by atoms with Crippen molar-refractivity contribution in [3.05, 3.63) is 104 Å². The maximum absolute atomic E-state index is 6.12. The summed E-state index contributed by atoms with van der Waals surface area (Å²) >= 11 is 0. The molecule has 2 aliphatic heterocycles. The molecule has 3 aromatic carbocycles. The number of benzene rings is 3. The molecule has 2 aliphatic rings. The molecule has 5 rings (SSSR count). The lowest BCUT2D eigenvalue weighted by Crippen LogP contribution is -2.38. The molecule has 6 atom stereocenters. The summed E-state index contributed by atoms with van der Waals surface area (Å²) in [4.78, 5) is 0. The molecule has 0 aromatic heterocycles. The minimum atomic E-state index is -0.151.